The molecule has 0 saturated heterocycles. The van der Waals surface area contributed by atoms with Gasteiger partial charge in [0.1, 0.15) is 0 Å². The predicted octanol–water partition coefficient (Wildman–Crippen LogP) is 4.20. The minimum absolute atomic E-state index is 0.135. The van der Waals surface area contributed by atoms with E-state index in [4.69, 9.17) is 11.6 Å². The summed E-state index contributed by atoms with van der Waals surface area (Å²) in [6.07, 6.45) is 0.907. The van der Waals surface area contributed by atoms with Crippen LogP contribution in [0.3, 0.4) is 0 Å². The Morgan fingerprint density at radius 1 is 1.11 bits per heavy atom. The van der Waals surface area contributed by atoms with Crippen molar-refractivity contribution in [1.29, 1.82) is 0 Å². The van der Waals surface area contributed by atoms with E-state index in [1.807, 2.05) is 53.8 Å². The van der Waals surface area contributed by atoms with Gasteiger partial charge in [-0.25, -0.2) is 0 Å². The van der Waals surface area contributed by atoms with E-state index in [-0.39, 0.29) is 11.2 Å². The van der Waals surface area contributed by atoms with Gasteiger partial charge in [0.05, 0.1) is 5.25 Å². The first-order chi connectivity index (χ1) is 13.5. The quantitative estimate of drug-likeness (QED) is 0.602. The molecule has 1 atom stereocenters. The van der Waals surface area contributed by atoms with Crippen LogP contribution in [0.1, 0.15) is 18.1 Å². The van der Waals surface area contributed by atoms with Crippen LogP contribution in [0.5, 0.6) is 0 Å². The Morgan fingerprint density at radius 3 is 2.57 bits per heavy atom. The topological polar surface area (TPSA) is 51.0 Å². The molecule has 5 nitrogen and oxygen atoms in total. The second kappa shape index (κ2) is 7.97. The van der Waals surface area contributed by atoms with Crippen LogP contribution < -0.4 is 0 Å². The van der Waals surface area contributed by atoms with Gasteiger partial charge in [-0.05, 0) is 48.7 Å². The molecule has 1 aliphatic rings. The average molecular weight is 413 g/mol. The molecule has 0 N–H and O–H groups in total. The van der Waals surface area contributed by atoms with Gasteiger partial charge in [0.25, 0.3) is 0 Å². The summed E-state index contributed by atoms with van der Waals surface area (Å²) in [6, 6.07) is 15.8. The van der Waals surface area contributed by atoms with Crippen LogP contribution in [0, 0.1) is 0 Å². The molecule has 0 radical (unpaired) electrons. The van der Waals surface area contributed by atoms with E-state index in [1.54, 1.807) is 0 Å². The highest BCUT2D eigenvalue weighted by atomic mass is 35.5. The second-order valence-electron chi connectivity index (χ2n) is 6.91. The van der Waals surface area contributed by atoms with Crippen molar-refractivity contribution in [3.05, 3.63) is 64.7 Å². The molecule has 3 aromatic rings. The molecule has 1 unspecified atom stereocenters. The lowest BCUT2D eigenvalue weighted by molar-refractivity contribution is -0.131. The number of halogens is 1. The summed E-state index contributed by atoms with van der Waals surface area (Å²) in [6.45, 7) is 3.37. The monoisotopic (exact) mass is 412 g/mol. The average Bonchev–Trinajstić information content (AvgIpc) is 3.08. The van der Waals surface area contributed by atoms with Crippen LogP contribution in [0.25, 0.3) is 11.4 Å². The summed E-state index contributed by atoms with van der Waals surface area (Å²) in [4.78, 5) is 14.9. The first-order valence-corrected chi connectivity index (χ1v) is 10.5. The number of hydrogen-bond acceptors (Lipinski definition) is 4. The number of benzene rings is 2. The molecule has 144 valence electrons. The van der Waals surface area contributed by atoms with E-state index in [2.05, 4.69) is 28.4 Å². The molecule has 0 fully saturated rings. The third kappa shape index (κ3) is 3.80. The van der Waals surface area contributed by atoms with Crippen LogP contribution >= 0.6 is 23.4 Å². The predicted molar refractivity (Wildman–Crippen MR) is 112 cm³/mol. The van der Waals surface area contributed by atoms with E-state index in [0.29, 0.717) is 11.6 Å². The van der Waals surface area contributed by atoms with Crippen molar-refractivity contribution < 1.29 is 4.79 Å². The Morgan fingerprint density at radius 2 is 1.82 bits per heavy atom. The molecule has 28 heavy (non-hydrogen) atoms. The smallest absolute Gasteiger partial charge is 0.236 e. The summed E-state index contributed by atoms with van der Waals surface area (Å²) in [5, 5.41) is 9.76. The van der Waals surface area contributed by atoms with Crippen molar-refractivity contribution in [2.75, 3.05) is 6.54 Å². The zero-order valence-electron chi connectivity index (χ0n) is 15.8. The van der Waals surface area contributed by atoms with Gasteiger partial charge in [0, 0.05) is 30.7 Å². The van der Waals surface area contributed by atoms with Crippen LogP contribution in [0.15, 0.2) is 53.7 Å². The number of carbonyl (C=O) groups excluding carboxylic acids is 1. The molecule has 1 amide bonds. The van der Waals surface area contributed by atoms with E-state index in [0.717, 1.165) is 29.5 Å². The first kappa shape index (κ1) is 19.0. The van der Waals surface area contributed by atoms with Gasteiger partial charge in [0.2, 0.25) is 5.91 Å². The van der Waals surface area contributed by atoms with E-state index < -0.39 is 0 Å². The fourth-order valence-corrected chi connectivity index (χ4v) is 4.44. The van der Waals surface area contributed by atoms with Gasteiger partial charge in [-0.3, -0.25) is 4.79 Å². The Balaban J connectivity index is 1.46. The standard InChI is InChI=1S/C21H21ClN4OS/c1-14(20(27)26-12-11-15-5-3-4-6-17(15)13-26)28-21-24-23-19(25(21)2)16-7-9-18(22)10-8-16/h3-10,14H,11-13H2,1-2H3. The molecule has 4 rings (SSSR count). The van der Waals surface area contributed by atoms with Gasteiger partial charge in [-0.1, -0.05) is 47.6 Å². The maximum Gasteiger partial charge on any atom is 0.236 e. The molecule has 2 heterocycles. The SMILES string of the molecule is CC(Sc1nnc(-c2ccc(Cl)cc2)n1C)C(=O)N1CCc2ccccc2C1. The highest BCUT2D eigenvalue weighted by Gasteiger charge is 2.26. The van der Waals surface area contributed by atoms with Crippen molar-refractivity contribution in [1.82, 2.24) is 19.7 Å². The number of aromatic nitrogens is 3. The van der Waals surface area contributed by atoms with Crippen LogP contribution in [-0.4, -0.2) is 37.4 Å². The zero-order valence-corrected chi connectivity index (χ0v) is 17.4. The van der Waals surface area contributed by atoms with Gasteiger partial charge < -0.3 is 9.47 Å². The number of fused-ring (bicyclic) bond motifs is 1. The molecule has 7 heteroatoms. The largest absolute Gasteiger partial charge is 0.337 e. The molecule has 1 aliphatic heterocycles. The molecule has 0 spiro atoms. The fraction of sp³-hybridized carbons (Fsp3) is 0.286. The maximum absolute atomic E-state index is 13.0. The lowest BCUT2D eigenvalue weighted by atomic mass is 10.00. The first-order valence-electron chi connectivity index (χ1n) is 9.20. The number of thioether (sulfide) groups is 1. The molecular weight excluding hydrogens is 392 g/mol. The molecule has 0 saturated carbocycles. The van der Waals surface area contributed by atoms with Gasteiger partial charge >= 0.3 is 0 Å². The van der Waals surface area contributed by atoms with Crippen molar-refractivity contribution in [3.8, 4) is 11.4 Å². The Hall–Kier alpha value is -2.31. The maximum atomic E-state index is 13.0. The number of carbonyl (C=O) groups is 1. The molecule has 2 aromatic carbocycles. The zero-order chi connectivity index (χ0) is 19.7. The number of amides is 1. The summed E-state index contributed by atoms with van der Waals surface area (Å²) in [5.74, 6) is 0.890. The van der Waals surface area contributed by atoms with Crippen molar-refractivity contribution in [2.45, 2.75) is 30.3 Å². The second-order valence-corrected chi connectivity index (χ2v) is 8.66. The fourth-order valence-electron chi connectivity index (χ4n) is 3.42. The van der Waals surface area contributed by atoms with E-state index in [1.165, 1.54) is 22.9 Å². The minimum atomic E-state index is -0.230. The Labute approximate surface area is 173 Å². The summed E-state index contributed by atoms with van der Waals surface area (Å²) < 4.78 is 1.92. The van der Waals surface area contributed by atoms with Gasteiger partial charge in [-0.15, -0.1) is 10.2 Å². The Kier molecular flexibility index (Phi) is 5.42. The van der Waals surface area contributed by atoms with Crippen LogP contribution in [0.2, 0.25) is 5.02 Å². The highest BCUT2D eigenvalue weighted by molar-refractivity contribution is 8.00. The van der Waals surface area contributed by atoms with Crippen molar-refractivity contribution in [2.24, 2.45) is 7.05 Å². The number of hydrogen-bond donors (Lipinski definition) is 0. The molecule has 1 aromatic heterocycles. The van der Waals surface area contributed by atoms with Crippen molar-refractivity contribution in [3.63, 3.8) is 0 Å². The lowest BCUT2D eigenvalue weighted by Crippen LogP contribution is -2.40. The molecule has 0 bridgehead atoms. The minimum Gasteiger partial charge on any atom is -0.337 e. The Bertz CT molecular complexity index is 1000. The summed E-state index contributed by atoms with van der Waals surface area (Å²) >= 11 is 7.41. The molecule has 0 aliphatic carbocycles. The third-order valence-electron chi connectivity index (χ3n) is 5.01. The normalized spacial score (nSPS) is 14.6. The summed E-state index contributed by atoms with van der Waals surface area (Å²) in [5.41, 5.74) is 3.52. The van der Waals surface area contributed by atoms with Crippen LogP contribution in [-0.2, 0) is 24.8 Å². The summed E-state index contributed by atoms with van der Waals surface area (Å²) in [7, 11) is 1.92. The molecular formula is C21H21ClN4OS. The van der Waals surface area contributed by atoms with Crippen LogP contribution in [0.4, 0.5) is 0 Å². The lowest BCUT2D eigenvalue weighted by Gasteiger charge is -2.30. The van der Waals surface area contributed by atoms with E-state index >= 15 is 0 Å². The van der Waals surface area contributed by atoms with Gasteiger partial charge in [-0.2, -0.15) is 0 Å². The third-order valence-corrected chi connectivity index (χ3v) is 6.38. The van der Waals surface area contributed by atoms with Crippen molar-refractivity contribution >= 4 is 29.3 Å². The number of nitrogens with zero attached hydrogens (tertiary/aromatic N) is 4. The van der Waals surface area contributed by atoms with Gasteiger partial charge in [0.15, 0.2) is 11.0 Å². The van der Waals surface area contributed by atoms with E-state index in [9.17, 15) is 4.79 Å². The highest BCUT2D eigenvalue weighted by Crippen LogP contribution is 2.28. The number of rotatable bonds is 4.